The number of rotatable bonds is 7. The number of ether oxygens (including phenoxy) is 1. The highest BCUT2D eigenvalue weighted by atomic mass is 79.9. The van der Waals surface area contributed by atoms with Crippen LogP contribution in [-0.2, 0) is 6.61 Å². The van der Waals surface area contributed by atoms with E-state index >= 15 is 0 Å². The summed E-state index contributed by atoms with van der Waals surface area (Å²) in [4.78, 5) is 14.7. The number of benzene rings is 3. The lowest BCUT2D eigenvalue weighted by Gasteiger charge is -2.17. The van der Waals surface area contributed by atoms with Crippen molar-refractivity contribution in [1.29, 1.82) is 0 Å². The SMILES string of the molecule is O=C(N/N=C\c1cc(Br)c(OCc2ccc(F)cc2)c(Br)c1)c1ccc(N2CCCC2)cc1. The summed E-state index contributed by atoms with van der Waals surface area (Å²) in [6.07, 6.45) is 3.99. The number of amides is 1. The first-order valence-electron chi connectivity index (χ1n) is 10.5. The zero-order chi connectivity index (χ0) is 23.2. The van der Waals surface area contributed by atoms with Crippen molar-refractivity contribution < 1.29 is 13.9 Å². The molecule has 1 heterocycles. The van der Waals surface area contributed by atoms with Crippen LogP contribution in [0, 0.1) is 5.82 Å². The molecule has 1 N–H and O–H groups in total. The van der Waals surface area contributed by atoms with E-state index in [1.807, 2.05) is 36.4 Å². The Kier molecular flexibility index (Phi) is 7.77. The molecule has 5 nitrogen and oxygen atoms in total. The molecule has 8 heteroatoms. The fourth-order valence-corrected chi connectivity index (χ4v) is 5.01. The third kappa shape index (κ3) is 6.21. The van der Waals surface area contributed by atoms with E-state index in [0.29, 0.717) is 17.9 Å². The van der Waals surface area contributed by atoms with Crippen LogP contribution in [0.25, 0.3) is 0 Å². The summed E-state index contributed by atoms with van der Waals surface area (Å²) in [6.45, 7) is 2.44. The van der Waals surface area contributed by atoms with Crippen molar-refractivity contribution in [1.82, 2.24) is 5.43 Å². The zero-order valence-corrected chi connectivity index (χ0v) is 20.9. The third-order valence-corrected chi connectivity index (χ3v) is 6.48. The molecule has 0 aliphatic carbocycles. The van der Waals surface area contributed by atoms with Crippen LogP contribution in [0.4, 0.5) is 10.1 Å². The van der Waals surface area contributed by atoms with E-state index in [2.05, 4.69) is 47.3 Å². The number of hydrazone groups is 1. The lowest BCUT2D eigenvalue weighted by molar-refractivity contribution is 0.0955. The Bertz CT molecular complexity index is 1120. The van der Waals surface area contributed by atoms with Gasteiger partial charge in [-0.2, -0.15) is 5.10 Å². The fourth-order valence-electron chi connectivity index (χ4n) is 3.56. The van der Waals surface area contributed by atoms with Crippen LogP contribution in [0.3, 0.4) is 0 Å². The van der Waals surface area contributed by atoms with Gasteiger partial charge in [0.15, 0.2) is 0 Å². The van der Waals surface area contributed by atoms with E-state index in [9.17, 15) is 9.18 Å². The molecule has 0 spiro atoms. The van der Waals surface area contributed by atoms with Crippen LogP contribution in [0.5, 0.6) is 5.75 Å². The van der Waals surface area contributed by atoms with Crippen molar-refractivity contribution >= 4 is 49.7 Å². The number of halogens is 3. The van der Waals surface area contributed by atoms with Gasteiger partial charge in [-0.15, -0.1) is 0 Å². The first kappa shape index (κ1) is 23.4. The molecule has 33 heavy (non-hydrogen) atoms. The maximum atomic E-state index is 13.0. The third-order valence-electron chi connectivity index (χ3n) is 5.30. The van der Waals surface area contributed by atoms with Crippen molar-refractivity contribution in [3.8, 4) is 5.75 Å². The standard InChI is InChI=1S/C25H22Br2FN3O2/c26-22-13-18(14-23(27)24(22)33-16-17-3-7-20(28)8-4-17)15-29-30-25(32)19-5-9-21(10-6-19)31-11-1-2-12-31/h3-10,13-15H,1-2,11-12,16H2,(H,30,32)/b29-15-. The van der Waals surface area contributed by atoms with Gasteiger partial charge in [0.05, 0.1) is 15.2 Å². The van der Waals surface area contributed by atoms with Crippen LogP contribution in [-0.4, -0.2) is 25.2 Å². The van der Waals surface area contributed by atoms with Gasteiger partial charge in [-0.05, 0) is 104 Å². The molecule has 1 aliphatic rings. The summed E-state index contributed by atoms with van der Waals surface area (Å²) in [7, 11) is 0. The van der Waals surface area contributed by atoms with Crippen molar-refractivity contribution in [2.75, 3.05) is 18.0 Å². The lowest BCUT2D eigenvalue weighted by atomic mass is 10.2. The first-order valence-corrected chi connectivity index (χ1v) is 12.1. The van der Waals surface area contributed by atoms with Crippen LogP contribution in [0.15, 0.2) is 74.7 Å². The molecule has 0 unspecified atom stereocenters. The Hall–Kier alpha value is -2.71. The second-order valence-electron chi connectivity index (χ2n) is 7.67. The summed E-state index contributed by atoms with van der Waals surface area (Å²) in [5.41, 5.74) is 5.89. The zero-order valence-electron chi connectivity index (χ0n) is 17.7. The van der Waals surface area contributed by atoms with E-state index in [-0.39, 0.29) is 11.7 Å². The van der Waals surface area contributed by atoms with Crippen LogP contribution in [0.2, 0.25) is 0 Å². The average Bonchev–Trinajstić information content (AvgIpc) is 3.35. The van der Waals surface area contributed by atoms with Crippen LogP contribution in [0.1, 0.15) is 34.3 Å². The van der Waals surface area contributed by atoms with E-state index in [1.54, 1.807) is 18.3 Å². The number of carbonyl (C=O) groups is 1. The number of hydrogen-bond acceptors (Lipinski definition) is 4. The Balaban J connectivity index is 1.34. The maximum absolute atomic E-state index is 13.0. The van der Waals surface area contributed by atoms with E-state index < -0.39 is 0 Å². The van der Waals surface area contributed by atoms with Gasteiger partial charge in [-0.1, -0.05) is 12.1 Å². The Morgan fingerprint density at radius 1 is 1.03 bits per heavy atom. The molecule has 0 atom stereocenters. The number of nitrogens with zero attached hydrogens (tertiary/aromatic N) is 2. The van der Waals surface area contributed by atoms with E-state index in [0.717, 1.165) is 38.8 Å². The van der Waals surface area contributed by atoms with Crippen molar-refractivity contribution in [2.45, 2.75) is 19.4 Å². The molecule has 3 aromatic carbocycles. The molecule has 1 saturated heterocycles. The van der Waals surface area contributed by atoms with Gasteiger partial charge in [-0.25, -0.2) is 9.82 Å². The number of carbonyl (C=O) groups excluding carboxylic acids is 1. The summed E-state index contributed by atoms with van der Waals surface area (Å²) < 4.78 is 20.4. The molecule has 4 rings (SSSR count). The molecule has 1 aliphatic heterocycles. The molecule has 0 radical (unpaired) electrons. The Morgan fingerprint density at radius 3 is 2.30 bits per heavy atom. The minimum Gasteiger partial charge on any atom is -0.487 e. The quantitative estimate of drug-likeness (QED) is 0.266. The van der Waals surface area contributed by atoms with Gasteiger partial charge >= 0.3 is 0 Å². The highest BCUT2D eigenvalue weighted by molar-refractivity contribution is 9.11. The van der Waals surface area contributed by atoms with Crippen molar-refractivity contribution in [3.63, 3.8) is 0 Å². The molecule has 170 valence electrons. The van der Waals surface area contributed by atoms with Crippen LogP contribution < -0.4 is 15.1 Å². The summed E-state index contributed by atoms with van der Waals surface area (Å²) >= 11 is 7.01. The predicted molar refractivity (Wildman–Crippen MR) is 136 cm³/mol. The molecule has 1 amide bonds. The van der Waals surface area contributed by atoms with Gasteiger partial charge in [-0.3, -0.25) is 4.79 Å². The second kappa shape index (κ2) is 10.9. The van der Waals surface area contributed by atoms with Crippen molar-refractivity contribution in [3.05, 3.63) is 92.1 Å². The Morgan fingerprint density at radius 2 is 1.67 bits per heavy atom. The minimum atomic E-state index is -0.282. The number of nitrogens with one attached hydrogen (secondary N) is 1. The molecular formula is C25H22Br2FN3O2. The summed E-state index contributed by atoms with van der Waals surface area (Å²) in [5.74, 6) is 0.0751. The second-order valence-corrected chi connectivity index (χ2v) is 9.38. The predicted octanol–water partition coefficient (Wildman–Crippen LogP) is 6.29. The highest BCUT2D eigenvalue weighted by Crippen LogP contribution is 2.35. The average molecular weight is 575 g/mol. The van der Waals surface area contributed by atoms with Gasteiger partial charge in [0.25, 0.3) is 5.91 Å². The van der Waals surface area contributed by atoms with Crippen molar-refractivity contribution in [2.24, 2.45) is 5.10 Å². The summed E-state index contributed by atoms with van der Waals surface area (Å²) in [5, 5.41) is 4.08. The normalized spacial score (nSPS) is 13.5. The molecule has 3 aromatic rings. The van der Waals surface area contributed by atoms with Gasteiger partial charge in [0.1, 0.15) is 18.2 Å². The van der Waals surface area contributed by atoms with E-state index in [4.69, 9.17) is 4.74 Å². The Labute approximate surface area is 208 Å². The van der Waals surface area contributed by atoms with Crippen LogP contribution >= 0.6 is 31.9 Å². The fraction of sp³-hybridized carbons (Fsp3) is 0.200. The monoisotopic (exact) mass is 573 g/mol. The van der Waals surface area contributed by atoms with Gasteiger partial charge < -0.3 is 9.64 Å². The van der Waals surface area contributed by atoms with E-state index in [1.165, 1.54) is 25.0 Å². The minimum absolute atomic E-state index is 0.267. The number of hydrogen-bond donors (Lipinski definition) is 1. The largest absolute Gasteiger partial charge is 0.487 e. The molecule has 0 aromatic heterocycles. The molecule has 0 saturated carbocycles. The molecule has 0 bridgehead atoms. The number of anilines is 1. The highest BCUT2D eigenvalue weighted by Gasteiger charge is 2.13. The van der Waals surface area contributed by atoms with Gasteiger partial charge in [0, 0.05) is 24.3 Å². The summed E-state index contributed by atoms with van der Waals surface area (Å²) in [6, 6.07) is 17.4. The smallest absolute Gasteiger partial charge is 0.271 e. The lowest BCUT2D eigenvalue weighted by Crippen LogP contribution is -2.19. The first-order chi connectivity index (χ1) is 16.0. The van der Waals surface area contributed by atoms with Gasteiger partial charge in [0.2, 0.25) is 0 Å². The molecule has 1 fully saturated rings. The topological polar surface area (TPSA) is 53.9 Å². The molecular weight excluding hydrogens is 553 g/mol. The maximum Gasteiger partial charge on any atom is 0.271 e.